The molecule has 1 aliphatic rings. The molecule has 0 aromatic heterocycles. The lowest BCUT2D eigenvalue weighted by Crippen LogP contribution is -2.29. The highest BCUT2D eigenvalue weighted by atomic mass is 16.3. The summed E-state index contributed by atoms with van der Waals surface area (Å²) in [5, 5.41) is 8.65. The third-order valence-electron chi connectivity index (χ3n) is 1.94. The summed E-state index contributed by atoms with van der Waals surface area (Å²) >= 11 is 0. The van der Waals surface area contributed by atoms with Crippen molar-refractivity contribution in [3.63, 3.8) is 0 Å². The first-order valence-electron chi connectivity index (χ1n) is 2.88. The van der Waals surface area contributed by atoms with E-state index >= 15 is 0 Å². The minimum absolute atomic E-state index is 0. The summed E-state index contributed by atoms with van der Waals surface area (Å²) in [5.41, 5.74) is 0.319. The van der Waals surface area contributed by atoms with Gasteiger partial charge in [-0.3, -0.25) is 0 Å². The van der Waals surface area contributed by atoms with Crippen molar-refractivity contribution in [3.05, 3.63) is 0 Å². The lowest BCUT2D eigenvalue weighted by atomic mass is 9.71. The second kappa shape index (κ2) is 2.46. The van der Waals surface area contributed by atoms with Crippen LogP contribution in [0.25, 0.3) is 0 Å². The number of rotatable bonds is 1. The molecule has 1 saturated carbocycles. The monoisotopic (exact) mass is 117 g/mol. The molecular formula is C6H15NO. The summed E-state index contributed by atoms with van der Waals surface area (Å²) in [6.45, 7) is 2.52. The van der Waals surface area contributed by atoms with Gasteiger partial charge in [-0.25, -0.2) is 0 Å². The van der Waals surface area contributed by atoms with Gasteiger partial charge >= 0.3 is 0 Å². The second-order valence-corrected chi connectivity index (χ2v) is 2.82. The number of hydrogen-bond donors (Lipinski definition) is 2. The van der Waals surface area contributed by atoms with E-state index in [0.717, 1.165) is 0 Å². The summed E-state index contributed by atoms with van der Waals surface area (Å²) in [7, 11) is 0. The van der Waals surface area contributed by atoms with Crippen molar-refractivity contribution in [2.45, 2.75) is 26.2 Å². The molecule has 0 heterocycles. The van der Waals surface area contributed by atoms with Crippen molar-refractivity contribution >= 4 is 0 Å². The average molecular weight is 117 g/mol. The highest BCUT2D eigenvalue weighted by Crippen LogP contribution is 2.39. The van der Waals surface area contributed by atoms with Gasteiger partial charge in [0.1, 0.15) is 0 Å². The summed E-state index contributed by atoms with van der Waals surface area (Å²) in [6, 6.07) is 0. The minimum atomic E-state index is 0. The van der Waals surface area contributed by atoms with E-state index in [9.17, 15) is 0 Å². The predicted molar refractivity (Wildman–Crippen MR) is 34.1 cm³/mol. The van der Waals surface area contributed by atoms with E-state index in [0.29, 0.717) is 12.0 Å². The quantitative estimate of drug-likeness (QED) is 0.544. The zero-order valence-corrected chi connectivity index (χ0v) is 5.48. The van der Waals surface area contributed by atoms with Crippen LogP contribution in [0.3, 0.4) is 0 Å². The molecule has 4 N–H and O–H groups in total. The smallest absolute Gasteiger partial charge is 0.0484 e. The van der Waals surface area contributed by atoms with Crippen LogP contribution in [0.4, 0.5) is 0 Å². The van der Waals surface area contributed by atoms with Crippen LogP contribution < -0.4 is 6.15 Å². The number of aliphatic hydroxyl groups is 1. The standard InChI is InChI=1S/C6H12O.H3N/c1-6(5-7)3-2-4-6;/h7H,2-5H2,1H3;1H3. The van der Waals surface area contributed by atoms with Crippen molar-refractivity contribution in [1.82, 2.24) is 6.15 Å². The number of hydrogen-bond acceptors (Lipinski definition) is 2. The Hall–Kier alpha value is -0.0800. The van der Waals surface area contributed by atoms with Crippen LogP contribution in [0.15, 0.2) is 0 Å². The molecule has 0 aromatic carbocycles. The highest BCUT2D eigenvalue weighted by molar-refractivity contribution is 4.81. The Morgan fingerprint density at radius 1 is 1.50 bits per heavy atom. The van der Waals surface area contributed by atoms with Gasteiger partial charge in [-0.1, -0.05) is 13.3 Å². The van der Waals surface area contributed by atoms with Crippen LogP contribution in [0.2, 0.25) is 0 Å². The van der Waals surface area contributed by atoms with Crippen LogP contribution in [-0.2, 0) is 0 Å². The van der Waals surface area contributed by atoms with E-state index in [1.807, 2.05) is 0 Å². The SMILES string of the molecule is CC1(CO)CCC1.N. The normalized spacial score (nSPS) is 23.2. The third kappa shape index (κ3) is 1.20. The molecule has 0 aliphatic heterocycles. The Bertz CT molecular complexity index is 63.4. The van der Waals surface area contributed by atoms with Gasteiger partial charge in [0, 0.05) is 6.61 Å². The molecule has 50 valence electrons. The summed E-state index contributed by atoms with van der Waals surface area (Å²) < 4.78 is 0. The Morgan fingerprint density at radius 2 is 2.00 bits per heavy atom. The van der Waals surface area contributed by atoms with Gasteiger partial charge in [-0.15, -0.1) is 0 Å². The molecule has 0 unspecified atom stereocenters. The fourth-order valence-corrected chi connectivity index (χ4v) is 0.938. The maximum atomic E-state index is 8.65. The first-order chi connectivity index (χ1) is 3.27. The summed E-state index contributed by atoms with van der Waals surface area (Å²) in [4.78, 5) is 0. The molecule has 0 saturated heterocycles. The minimum Gasteiger partial charge on any atom is -0.396 e. The molecule has 1 rings (SSSR count). The van der Waals surface area contributed by atoms with E-state index in [1.165, 1.54) is 19.3 Å². The van der Waals surface area contributed by atoms with Gasteiger partial charge in [-0.2, -0.15) is 0 Å². The molecule has 0 radical (unpaired) electrons. The number of aliphatic hydroxyl groups excluding tert-OH is 1. The average Bonchev–Trinajstić information content (AvgIpc) is 1.61. The predicted octanol–water partition coefficient (Wildman–Crippen LogP) is 1.33. The first kappa shape index (κ1) is 7.92. The Morgan fingerprint density at radius 3 is 2.00 bits per heavy atom. The molecule has 1 aliphatic carbocycles. The fraction of sp³-hybridized carbons (Fsp3) is 1.00. The zero-order chi connectivity index (χ0) is 5.33. The molecule has 0 atom stereocenters. The topological polar surface area (TPSA) is 55.2 Å². The maximum Gasteiger partial charge on any atom is 0.0484 e. The van der Waals surface area contributed by atoms with Gasteiger partial charge in [0.25, 0.3) is 0 Å². The molecule has 1 fully saturated rings. The van der Waals surface area contributed by atoms with E-state index in [-0.39, 0.29) is 6.15 Å². The largest absolute Gasteiger partial charge is 0.396 e. The van der Waals surface area contributed by atoms with Crippen molar-refractivity contribution in [2.24, 2.45) is 5.41 Å². The van der Waals surface area contributed by atoms with Gasteiger partial charge in [0.2, 0.25) is 0 Å². The van der Waals surface area contributed by atoms with Gasteiger partial charge < -0.3 is 11.3 Å². The van der Waals surface area contributed by atoms with Crippen LogP contribution in [0.1, 0.15) is 26.2 Å². The molecule has 0 bridgehead atoms. The van der Waals surface area contributed by atoms with Crippen molar-refractivity contribution in [1.29, 1.82) is 0 Å². The maximum absolute atomic E-state index is 8.65. The molecule has 0 aromatic rings. The van der Waals surface area contributed by atoms with Crippen LogP contribution in [0.5, 0.6) is 0 Å². The van der Waals surface area contributed by atoms with Gasteiger partial charge in [-0.05, 0) is 18.3 Å². The lowest BCUT2D eigenvalue weighted by molar-refractivity contribution is 0.0637. The zero-order valence-electron chi connectivity index (χ0n) is 5.48. The fourth-order valence-electron chi connectivity index (χ4n) is 0.938. The van der Waals surface area contributed by atoms with E-state index in [4.69, 9.17) is 5.11 Å². The van der Waals surface area contributed by atoms with Crippen LogP contribution in [0, 0.1) is 5.41 Å². The van der Waals surface area contributed by atoms with E-state index in [2.05, 4.69) is 6.92 Å². The van der Waals surface area contributed by atoms with E-state index < -0.39 is 0 Å². The Labute approximate surface area is 50.5 Å². The molecule has 0 spiro atoms. The van der Waals surface area contributed by atoms with Crippen molar-refractivity contribution in [2.75, 3.05) is 6.61 Å². The summed E-state index contributed by atoms with van der Waals surface area (Å²) in [6.07, 6.45) is 3.77. The Kier molecular flexibility index (Phi) is 2.44. The van der Waals surface area contributed by atoms with Gasteiger partial charge in [0.05, 0.1) is 0 Å². The first-order valence-corrected chi connectivity index (χ1v) is 2.88. The molecule has 2 heteroatoms. The molecular weight excluding hydrogens is 102 g/mol. The van der Waals surface area contributed by atoms with Crippen LogP contribution >= 0.6 is 0 Å². The highest BCUT2D eigenvalue weighted by Gasteiger charge is 2.30. The summed E-state index contributed by atoms with van der Waals surface area (Å²) in [5.74, 6) is 0. The third-order valence-corrected chi connectivity index (χ3v) is 1.94. The van der Waals surface area contributed by atoms with Gasteiger partial charge in [0.15, 0.2) is 0 Å². The Balaban J connectivity index is 0.000000490. The van der Waals surface area contributed by atoms with E-state index in [1.54, 1.807) is 0 Å². The second-order valence-electron chi connectivity index (χ2n) is 2.82. The van der Waals surface area contributed by atoms with Crippen molar-refractivity contribution in [3.8, 4) is 0 Å². The molecule has 2 nitrogen and oxygen atoms in total. The van der Waals surface area contributed by atoms with Crippen molar-refractivity contribution < 1.29 is 5.11 Å². The molecule has 8 heavy (non-hydrogen) atoms. The molecule has 0 amide bonds. The van der Waals surface area contributed by atoms with Crippen LogP contribution in [-0.4, -0.2) is 11.7 Å². The lowest BCUT2D eigenvalue weighted by Gasteiger charge is -2.36.